The zero-order valence-corrected chi connectivity index (χ0v) is 13.9. The highest BCUT2D eigenvalue weighted by atomic mass is 14.7. The molecule has 116 valence electrons. The summed E-state index contributed by atoms with van der Waals surface area (Å²) < 4.78 is 0. The Hall–Kier alpha value is -1.37. The lowest BCUT2D eigenvalue weighted by molar-refractivity contribution is 0.671. The largest absolute Gasteiger partial charge is 0.257 e. The number of benzene rings is 1. The Bertz CT molecular complexity index is 403. The van der Waals surface area contributed by atoms with Gasteiger partial charge in [-0.1, -0.05) is 70.2 Å². The maximum atomic E-state index is 4.61. The van der Waals surface area contributed by atoms with Gasteiger partial charge in [0.15, 0.2) is 0 Å². The van der Waals surface area contributed by atoms with Crippen molar-refractivity contribution in [3.05, 3.63) is 42.0 Å². The number of hydrogen-bond acceptors (Lipinski definition) is 1. The molecule has 0 heterocycles. The van der Waals surface area contributed by atoms with E-state index in [4.69, 9.17) is 0 Å². The highest BCUT2D eigenvalue weighted by molar-refractivity contribution is 5.80. The van der Waals surface area contributed by atoms with Crippen molar-refractivity contribution in [1.29, 1.82) is 0 Å². The highest BCUT2D eigenvalue weighted by Crippen LogP contribution is 2.14. The van der Waals surface area contributed by atoms with E-state index in [1.54, 1.807) is 0 Å². The summed E-state index contributed by atoms with van der Waals surface area (Å²) in [6.45, 7) is 4.52. The van der Waals surface area contributed by atoms with E-state index in [2.05, 4.69) is 43.3 Å². The Morgan fingerprint density at radius 2 is 1.62 bits per heavy atom. The molecule has 0 unspecified atom stereocenters. The Balaban J connectivity index is 2.50. The van der Waals surface area contributed by atoms with Gasteiger partial charge in [-0.15, -0.1) is 0 Å². The Morgan fingerprint density at radius 1 is 0.905 bits per heavy atom. The molecule has 0 N–H and O–H groups in total. The van der Waals surface area contributed by atoms with E-state index in [9.17, 15) is 0 Å². The van der Waals surface area contributed by atoms with Gasteiger partial charge in [0.1, 0.15) is 0 Å². The maximum Gasteiger partial charge on any atom is 0.0629 e. The summed E-state index contributed by atoms with van der Waals surface area (Å²) in [6, 6.07) is 10.2. The van der Waals surface area contributed by atoms with Crippen LogP contribution in [-0.4, -0.2) is 6.21 Å². The number of hydrogen-bond donors (Lipinski definition) is 0. The minimum absolute atomic E-state index is 1.05. The van der Waals surface area contributed by atoms with Crippen LogP contribution in [0, 0.1) is 0 Å². The predicted octanol–water partition coefficient (Wildman–Crippen LogP) is 6.87. The molecule has 1 heteroatoms. The van der Waals surface area contributed by atoms with Crippen LogP contribution in [0.4, 0.5) is 5.69 Å². The molecule has 1 rings (SSSR count). The molecule has 0 radical (unpaired) electrons. The lowest BCUT2D eigenvalue weighted by Gasteiger charge is -2.03. The zero-order valence-electron chi connectivity index (χ0n) is 13.9. The van der Waals surface area contributed by atoms with E-state index >= 15 is 0 Å². The predicted molar refractivity (Wildman–Crippen MR) is 95.6 cm³/mol. The summed E-state index contributed by atoms with van der Waals surface area (Å²) in [6.07, 6.45) is 16.0. The third-order valence-corrected chi connectivity index (χ3v) is 3.67. The van der Waals surface area contributed by atoms with Gasteiger partial charge in [0.2, 0.25) is 0 Å². The molecule has 0 spiro atoms. The van der Waals surface area contributed by atoms with Gasteiger partial charge in [-0.3, -0.25) is 4.99 Å². The summed E-state index contributed by atoms with van der Waals surface area (Å²) in [5.74, 6) is 0. The van der Waals surface area contributed by atoms with Crippen molar-refractivity contribution in [2.75, 3.05) is 0 Å². The van der Waals surface area contributed by atoms with Crippen LogP contribution >= 0.6 is 0 Å². The molecule has 0 aromatic heterocycles. The van der Waals surface area contributed by atoms with Gasteiger partial charge in [-0.2, -0.15) is 0 Å². The van der Waals surface area contributed by atoms with Gasteiger partial charge < -0.3 is 0 Å². The van der Waals surface area contributed by atoms with Gasteiger partial charge in [0.25, 0.3) is 0 Å². The van der Waals surface area contributed by atoms with Crippen LogP contribution in [0.1, 0.15) is 71.6 Å². The number of rotatable bonds is 11. The fourth-order valence-corrected chi connectivity index (χ4v) is 2.33. The van der Waals surface area contributed by atoms with E-state index in [1.165, 1.54) is 56.9 Å². The Kier molecular flexibility index (Phi) is 10.4. The van der Waals surface area contributed by atoms with Crippen LogP contribution in [0.5, 0.6) is 0 Å². The average Bonchev–Trinajstić information content (AvgIpc) is 2.53. The smallest absolute Gasteiger partial charge is 0.0629 e. The monoisotopic (exact) mass is 285 g/mol. The fourth-order valence-electron chi connectivity index (χ4n) is 2.33. The first-order chi connectivity index (χ1) is 10.4. The summed E-state index contributed by atoms with van der Waals surface area (Å²) in [4.78, 5) is 4.61. The molecule has 1 aromatic carbocycles. The molecule has 0 bridgehead atoms. The normalized spacial score (nSPS) is 12.2. The zero-order chi connectivity index (χ0) is 15.2. The van der Waals surface area contributed by atoms with Crippen molar-refractivity contribution in [2.24, 2.45) is 4.99 Å². The lowest BCUT2D eigenvalue weighted by Crippen LogP contribution is -1.87. The molecule has 0 aliphatic rings. The molecule has 0 fully saturated rings. The second kappa shape index (κ2) is 12.4. The van der Waals surface area contributed by atoms with Gasteiger partial charge in [0.05, 0.1) is 5.69 Å². The molecule has 0 amide bonds. The molecule has 0 aliphatic heterocycles. The number of unbranched alkanes of at least 4 members (excludes halogenated alkanes) is 6. The van der Waals surface area contributed by atoms with Gasteiger partial charge in [-0.25, -0.2) is 0 Å². The first kappa shape index (κ1) is 17.7. The van der Waals surface area contributed by atoms with Crippen LogP contribution in [0.2, 0.25) is 0 Å². The fraction of sp³-hybridized carbons (Fsp3) is 0.550. The van der Waals surface area contributed by atoms with Crippen LogP contribution in [0.3, 0.4) is 0 Å². The summed E-state index contributed by atoms with van der Waals surface area (Å²) >= 11 is 0. The third kappa shape index (κ3) is 9.23. The minimum Gasteiger partial charge on any atom is -0.257 e. The highest BCUT2D eigenvalue weighted by Gasteiger charge is 1.95. The van der Waals surface area contributed by atoms with Crippen LogP contribution in [0.15, 0.2) is 47.0 Å². The summed E-state index contributed by atoms with van der Waals surface area (Å²) in [5.41, 5.74) is 2.45. The molecule has 0 saturated heterocycles. The second-order valence-electron chi connectivity index (χ2n) is 5.68. The number of nitrogens with zero attached hydrogens (tertiary/aromatic N) is 1. The van der Waals surface area contributed by atoms with E-state index in [0.717, 1.165) is 12.1 Å². The van der Waals surface area contributed by atoms with Crippen LogP contribution < -0.4 is 0 Å². The van der Waals surface area contributed by atoms with Gasteiger partial charge in [0, 0.05) is 6.21 Å². The van der Waals surface area contributed by atoms with Crippen LogP contribution in [-0.2, 0) is 0 Å². The van der Waals surface area contributed by atoms with Crippen molar-refractivity contribution in [1.82, 2.24) is 0 Å². The van der Waals surface area contributed by atoms with Crippen molar-refractivity contribution in [3.8, 4) is 0 Å². The molecule has 1 nitrogen and oxygen atoms in total. The molecule has 0 atom stereocenters. The lowest BCUT2D eigenvalue weighted by atomic mass is 10.1. The number of para-hydroxylation sites is 1. The van der Waals surface area contributed by atoms with Crippen molar-refractivity contribution < 1.29 is 0 Å². The van der Waals surface area contributed by atoms with E-state index < -0.39 is 0 Å². The Labute approximate surface area is 131 Å². The molecular weight excluding hydrogens is 254 g/mol. The molecule has 1 aromatic rings. The van der Waals surface area contributed by atoms with Crippen molar-refractivity contribution in [2.45, 2.75) is 71.6 Å². The first-order valence-electron chi connectivity index (χ1n) is 8.65. The third-order valence-electron chi connectivity index (χ3n) is 3.67. The van der Waals surface area contributed by atoms with Gasteiger partial charge >= 0.3 is 0 Å². The minimum atomic E-state index is 1.05. The number of allylic oxidation sites excluding steroid dienone is 2. The van der Waals surface area contributed by atoms with E-state index in [0.29, 0.717) is 0 Å². The summed E-state index contributed by atoms with van der Waals surface area (Å²) in [7, 11) is 0. The van der Waals surface area contributed by atoms with Gasteiger partial charge in [-0.05, 0) is 43.4 Å². The number of aliphatic imine (C=N–C) groups is 1. The molecule has 0 saturated carbocycles. The Morgan fingerprint density at radius 3 is 2.33 bits per heavy atom. The first-order valence-corrected chi connectivity index (χ1v) is 8.65. The SMILES string of the molecule is CCCCCCC=C(C=Nc1ccccc1)CCCCC. The second-order valence-corrected chi connectivity index (χ2v) is 5.68. The van der Waals surface area contributed by atoms with E-state index in [1.807, 2.05) is 18.2 Å². The average molecular weight is 285 g/mol. The molecule has 0 aliphatic carbocycles. The van der Waals surface area contributed by atoms with Crippen LogP contribution in [0.25, 0.3) is 0 Å². The van der Waals surface area contributed by atoms with Crippen molar-refractivity contribution in [3.63, 3.8) is 0 Å². The quantitative estimate of drug-likeness (QED) is 0.311. The molecular formula is C20H31N. The van der Waals surface area contributed by atoms with Crippen molar-refractivity contribution >= 4 is 11.9 Å². The topological polar surface area (TPSA) is 12.4 Å². The standard InChI is InChI=1S/C20H31N/c1-3-5-7-8-11-15-19(14-10-6-4-2)18-21-20-16-12-9-13-17-20/h9,12-13,15-18H,3-8,10-11,14H2,1-2H3. The summed E-state index contributed by atoms with van der Waals surface area (Å²) in [5, 5.41) is 0. The van der Waals surface area contributed by atoms with E-state index in [-0.39, 0.29) is 0 Å². The molecule has 21 heavy (non-hydrogen) atoms. The maximum absolute atomic E-state index is 4.61.